The van der Waals surface area contributed by atoms with E-state index in [4.69, 9.17) is 10.5 Å². The van der Waals surface area contributed by atoms with E-state index in [0.29, 0.717) is 19.9 Å². The van der Waals surface area contributed by atoms with Crippen molar-refractivity contribution in [3.63, 3.8) is 0 Å². The van der Waals surface area contributed by atoms with E-state index in [1.165, 1.54) is 0 Å². The fourth-order valence-corrected chi connectivity index (χ4v) is 1.61. The van der Waals surface area contributed by atoms with Crippen LogP contribution >= 0.6 is 0 Å². The molecule has 0 aliphatic carbocycles. The summed E-state index contributed by atoms with van der Waals surface area (Å²) < 4.78 is 35.6. The third kappa shape index (κ3) is 2.19. The van der Waals surface area contributed by atoms with Gasteiger partial charge in [0.15, 0.2) is 0 Å². The Morgan fingerprint density at radius 1 is 1.50 bits per heavy atom. The molecule has 2 N–H and O–H groups in total. The molecule has 2 unspecified atom stereocenters. The predicted molar refractivity (Wildman–Crippen MR) is 49.8 cm³/mol. The van der Waals surface area contributed by atoms with Crippen molar-refractivity contribution in [3.8, 4) is 0 Å². The highest BCUT2D eigenvalue weighted by molar-refractivity contribution is 4.97. The molecule has 1 saturated heterocycles. The third-order valence-corrected chi connectivity index (χ3v) is 2.48. The molecule has 0 aromatic carbocycles. The lowest BCUT2D eigenvalue weighted by Crippen LogP contribution is -2.19. The lowest BCUT2D eigenvalue weighted by atomic mass is 10.2. The Bertz CT molecular complexity index is 364. The van der Waals surface area contributed by atoms with Crippen LogP contribution < -0.4 is 5.73 Å². The highest BCUT2D eigenvalue weighted by Gasteiger charge is 2.35. The largest absolute Gasteiger partial charge is 0.366 e. The Hall–Kier alpha value is -1.08. The van der Waals surface area contributed by atoms with Crippen molar-refractivity contribution in [1.29, 1.82) is 0 Å². The minimum atomic E-state index is -3.11. The molecule has 1 fully saturated rings. The van der Waals surface area contributed by atoms with Crippen molar-refractivity contribution in [2.45, 2.75) is 37.9 Å². The van der Waals surface area contributed by atoms with Crippen LogP contribution in [0.2, 0.25) is 0 Å². The zero-order valence-corrected chi connectivity index (χ0v) is 8.82. The van der Waals surface area contributed by atoms with Gasteiger partial charge in [-0.1, -0.05) is 5.16 Å². The Balaban J connectivity index is 2.08. The molecule has 0 amide bonds. The number of rotatable bonds is 3. The Labute approximate surface area is 90.9 Å². The number of ether oxygens (including phenoxy) is 1. The molecule has 16 heavy (non-hydrogen) atoms. The van der Waals surface area contributed by atoms with Gasteiger partial charge in [0, 0.05) is 13.5 Å². The Morgan fingerprint density at radius 3 is 2.75 bits per heavy atom. The van der Waals surface area contributed by atoms with Crippen molar-refractivity contribution < 1.29 is 18.0 Å². The van der Waals surface area contributed by atoms with E-state index in [2.05, 4.69) is 14.7 Å². The second-order valence-corrected chi connectivity index (χ2v) is 3.91. The summed E-state index contributed by atoms with van der Waals surface area (Å²) in [5, 5.41) is 3.50. The molecule has 1 aromatic rings. The molecular formula is C9H13F2N3O2. The number of alkyl halides is 2. The molecule has 0 spiro atoms. The first-order chi connectivity index (χ1) is 7.50. The zero-order valence-electron chi connectivity index (χ0n) is 8.82. The number of aromatic nitrogens is 2. The van der Waals surface area contributed by atoms with Crippen LogP contribution in [0.5, 0.6) is 0 Å². The lowest BCUT2D eigenvalue weighted by Gasteiger charge is -2.07. The lowest BCUT2D eigenvalue weighted by molar-refractivity contribution is -0.0158. The van der Waals surface area contributed by atoms with Gasteiger partial charge >= 0.3 is 5.92 Å². The SMILES string of the molecule is CC(F)(F)c1nc(C2CCC(CN)O2)no1. The van der Waals surface area contributed by atoms with E-state index < -0.39 is 11.8 Å². The third-order valence-electron chi connectivity index (χ3n) is 2.48. The van der Waals surface area contributed by atoms with Crippen molar-refractivity contribution in [2.24, 2.45) is 5.73 Å². The Morgan fingerprint density at radius 2 is 2.25 bits per heavy atom. The quantitative estimate of drug-likeness (QED) is 0.853. The molecular weight excluding hydrogens is 220 g/mol. The first-order valence-corrected chi connectivity index (χ1v) is 5.08. The molecule has 1 aromatic heterocycles. The average molecular weight is 233 g/mol. The topological polar surface area (TPSA) is 74.2 Å². The van der Waals surface area contributed by atoms with Crippen molar-refractivity contribution in [1.82, 2.24) is 10.1 Å². The van der Waals surface area contributed by atoms with Gasteiger partial charge in [-0.2, -0.15) is 13.8 Å². The summed E-state index contributed by atoms with van der Waals surface area (Å²) in [6.45, 7) is 1.12. The number of hydrogen-bond donors (Lipinski definition) is 1. The van der Waals surface area contributed by atoms with E-state index in [1.807, 2.05) is 0 Å². The van der Waals surface area contributed by atoms with Gasteiger partial charge in [-0.15, -0.1) is 0 Å². The molecule has 90 valence electrons. The van der Waals surface area contributed by atoms with Crippen LogP contribution in [-0.4, -0.2) is 22.8 Å². The second kappa shape index (κ2) is 4.06. The van der Waals surface area contributed by atoms with Gasteiger partial charge < -0.3 is 15.0 Å². The first-order valence-electron chi connectivity index (χ1n) is 5.08. The van der Waals surface area contributed by atoms with Crippen LogP contribution in [0.15, 0.2) is 4.52 Å². The van der Waals surface area contributed by atoms with Gasteiger partial charge in [0.05, 0.1) is 6.10 Å². The van der Waals surface area contributed by atoms with Crippen LogP contribution in [0.3, 0.4) is 0 Å². The standard InChI is InChI=1S/C9H13F2N3O2/c1-9(10,11)8-13-7(14-16-8)6-3-2-5(4-12)15-6/h5-6H,2-4,12H2,1H3. The number of hydrogen-bond acceptors (Lipinski definition) is 5. The molecule has 0 saturated carbocycles. The van der Waals surface area contributed by atoms with Crippen LogP contribution in [0, 0.1) is 0 Å². The number of nitrogens with two attached hydrogens (primary N) is 1. The fraction of sp³-hybridized carbons (Fsp3) is 0.778. The van der Waals surface area contributed by atoms with E-state index in [0.717, 1.165) is 6.42 Å². The molecule has 5 nitrogen and oxygen atoms in total. The minimum Gasteiger partial charge on any atom is -0.366 e. The monoisotopic (exact) mass is 233 g/mol. The Kier molecular flexibility index (Phi) is 2.90. The summed E-state index contributed by atoms with van der Waals surface area (Å²) in [7, 11) is 0. The zero-order chi connectivity index (χ0) is 11.8. The van der Waals surface area contributed by atoms with Gasteiger partial charge in [-0.05, 0) is 12.8 Å². The van der Waals surface area contributed by atoms with Crippen LogP contribution in [-0.2, 0) is 10.7 Å². The first kappa shape index (κ1) is 11.4. The summed E-state index contributed by atoms with van der Waals surface area (Å²) in [5.41, 5.74) is 5.44. The summed E-state index contributed by atoms with van der Waals surface area (Å²) >= 11 is 0. The molecule has 2 rings (SSSR count). The van der Waals surface area contributed by atoms with Gasteiger partial charge in [0.25, 0.3) is 5.89 Å². The molecule has 7 heteroatoms. The number of halogens is 2. The highest BCUT2D eigenvalue weighted by atomic mass is 19.3. The van der Waals surface area contributed by atoms with Crippen molar-refractivity contribution in [3.05, 3.63) is 11.7 Å². The molecule has 0 bridgehead atoms. The molecule has 1 aliphatic heterocycles. The second-order valence-electron chi connectivity index (χ2n) is 3.91. The van der Waals surface area contributed by atoms with Crippen molar-refractivity contribution >= 4 is 0 Å². The maximum Gasteiger partial charge on any atom is 0.322 e. The summed E-state index contributed by atoms with van der Waals surface area (Å²) in [5.74, 6) is -3.62. The maximum absolute atomic E-state index is 12.8. The fourth-order valence-electron chi connectivity index (χ4n) is 1.61. The highest BCUT2D eigenvalue weighted by Crippen LogP contribution is 2.32. The van der Waals surface area contributed by atoms with Crippen molar-refractivity contribution in [2.75, 3.05) is 6.54 Å². The molecule has 2 heterocycles. The van der Waals surface area contributed by atoms with Gasteiger partial charge in [-0.3, -0.25) is 0 Å². The van der Waals surface area contributed by atoms with Gasteiger partial charge in [-0.25, -0.2) is 0 Å². The number of nitrogens with zero attached hydrogens (tertiary/aromatic N) is 2. The van der Waals surface area contributed by atoms with E-state index >= 15 is 0 Å². The predicted octanol–water partition coefficient (Wildman–Crippen LogP) is 1.36. The van der Waals surface area contributed by atoms with Crippen LogP contribution in [0.4, 0.5) is 8.78 Å². The van der Waals surface area contributed by atoms with Crippen LogP contribution in [0.25, 0.3) is 0 Å². The molecule has 2 atom stereocenters. The maximum atomic E-state index is 12.8. The molecule has 1 aliphatic rings. The van der Waals surface area contributed by atoms with Gasteiger partial charge in [0.1, 0.15) is 6.10 Å². The summed E-state index contributed by atoms with van der Waals surface area (Å²) in [6, 6.07) is 0. The summed E-state index contributed by atoms with van der Waals surface area (Å²) in [4.78, 5) is 3.64. The summed E-state index contributed by atoms with van der Waals surface area (Å²) in [6.07, 6.45) is 1.03. The molecule has 0 radical (unpaired) electrons. The van der Waals surface area contributed by atoms with E-state index in [-0.39, 0.29) is 18.0 Å². The van der Waals surface area contributed by atoms with E-state index in [1.54, 1.807) is 0 Å². The van der Waals surface area contributed by atoms with Gasteiger partial charge in [0.2, 0.25) is 5.82 Å². The minimum absolute atomic E-state index is 0.0471. The van der Waals surface area contributed by atoms with E-state index in [9.17, 15) is 8.78 Å². The average Bonchev–Trinajstić information content (AvgIpc) is 2.85. The smallest absolute Gasteiger partial charge is 0.322 e. The normalized spacial score (nSPS) is 26.2. The van der Waals surface area contributed by atoms with Crippen LogP contribution in [0.1, 0.15) is 37.6 Å².